The number of benzene rings is 6. The maximum absolute atomic E-state index is 11.5. The van der Waals surface area contributed by atoms with Gasteiger partial charge in [0.1, 0.15) is 39.6 Å². The van der Waals surface area contributed by atoms with Crippen LogP contribution < -0.4 is 31.9 Å². The van der Waals surface area contributed by atoms with E-state index >= 15 is 0 Å². The van der Waals surface area contributed by atoms with Crippen LogP contribution in [0.1, 0.15) is 133 Å². The van der Waals surface area contributed by atoms with Gasteiger partial charge in [-0.3, -0.25) is 0 Å². The molecule has 12 heterocycles. The summed E-state index contributed by atoms with van der Waals surface area (Å²) in [7, 11) is 9.03. The molecule has 0 aliphatic carbocycles. The summed E-state index contributed by atoms with van der Waals surface area (Å²) < 4.78 is 460. The van der Waals surface area contributed by atoms with Gasteiger partial charge in [-0.2, -0.15) is 0 Å². The number of amides is 6. The van der Waals surface area contributed by atoms with Crippen molar-refractivity contribution in [3.8, 4) is 0 Å². The number of rotatable bonds is 30. The molecule has 672 valence electrons. The number of nitrogens with one attached hydrogen (secondary N) is 12. The van der Waals surface area contributed by atoms with Crippen molar-refractivity contribution in [1.29, 1.82) is 0 Å². The topological polar surface area (TPSA) is 344 Å². The zero-order chi connectivity index (χ0) is 136. The van der Waals surface area contributed by atoms with E-state index in [1.807, 2.05) is 19.0 Å². The van der Waals surface area contributed by atoms with E-state index in [1.165, 1.54) is 111 Å². The van der Waals surface area contributed by atoms with Crippen molar-refractivity contribution in [3.63, 3.8) is 0 Å². The van der Waals surface area contributed by atoms with E-state index in [9.17, 15) is 28.8 Å². The predicted octanol–water partition coefficient (Wildman–Crippen LogP) is 11.5. The van der Waals surface area contributed by atoms with Crippen LogP contribution in [0.4, 0.5) is 28.8 Å². The van der Waals surface area contributed by atoms with Gasteiger partial charge >= 0.3 is 36.6 Å². The third-order valence-electron chi connectivity index (χ3n) is 18.8. The number of ether oxygens (including phenoxy) is 6. The fourth-order valence-corrected chi connectivity index (χ4v) is 12.9. The van der Waals surface area contributed by atoms with Crippen LogP contribution in [0.3, 0.4) is 0 Å². The lowest BCUT2D eigenvalue weighted by Crippen LogP contribution is -2.28. The monoisotopic (exact) mass is 1780 g/mol. The normalized spacial score (nSPS) is 26.7. The van der Waals surface area contributed by atoms with E-state index in [4.69, 9.17) is 103 Å². The number of carbonyl (C=O) groups excluding carboxylic acids is 6. The molecule has 12 aromatic rings. The van der Waals surface area contributed by atoms with Gasteiger partial charge in [0.25, 0.3) is 0 Å². The van der Waals surface area contributed by atoms with Gasteiger partial charge in [0.15, 0.2) is 8.47 Å². The largest absolute Gasteiger partial charge is 0.447 e. The Hall–Kier alpha value is -12.1. The number of aromatic amines is 6. The molecule has 6 fully saturated rings. The molecule has 0 spiro atoms. The highest BCUT2D eigenvalue weighted by molar-refractivity contribution is 5.88. The summed E-state index contributed by atoms with van der Waals surface area (Å²) in [5, 5.41) is 10.00. The SMILES string of the molecule is [2H]c1[nH]c2ccc(C([2H])([2H])[C@H]3COC(=O)N3)cc2c1C([2H])([2H])C([2H])([2H])N(C([2H])([2H])[2H])C([2H])([2H])[2H].[2H]c1[nH]c2ccc(C([2H])([2H])[C@H]3COC(=O)N3)cc2c1C([2H])([2H])C([2H])([2H])N(C)C.[2H]c1[nH]c2ccc(C([2H])([2H])[C@H]3COC(=O)N3)cc2c1C([2H])([2H])C([2H])([2H])N(C)C([2H])([2H])[2H].[2H]c1c(CCN(C([2H])([2H])[2H])C([2H])([2H])[2H])c2cc(C([2H])([2H])[C@H]3COC(=O)N3[2H])ccc2n1[2H].[2H]c1c(CCN(C)C([2H])([2H])[2H])c2cc(C([2H])([2H])[C@H]3COC(=O)N3[2H])ccc2n1[2H].[2H]c1c(CCN(C)C)c2cc(C([2H])([2H])[C@H]3COC(=O)N3[2H])ccc2n1[2H]. The number of fused-ring (bicyclic) bond motifs is 6. The van der Waals surface area contributed by atoms with Crippen molar-refractivity contribution in [2.75, 3.05) is 163 Å². The summed E-state index contributed by atoms with van der Waals surface area (Å²) in [5.74, 6) is 0. The second-order valence-electron chi connectivity index (χ2n) is 29.0. The highest BCUT2D eigenvalue weighted by Crippen LogP contribution is 2.29. The van der Waals surface area contributed by atoms with Gasteiger partial charge in [0.2, 0.25) is 0 Å². The molecular formula is C96H126N18O12. The molecule has 6 aliphatic rings. The summed E-state index contributed by atoms with van der Waals surface area (Å²) in [6, 6.07) is 19.3. The molecule has 30 nitrogen and oxygen atoms in total. The molecule has 6 aromatic heterocycles. The highest BCUT2D eigenvalue weighted by atomic mass is 16.6. The first-order valence-corrected chi connectivity index (χ1v) is 38.9. The molecule has 6 aliphatic heterocycles. The number of hydrogen-bond acceptors (Lipinski definition) is 18. The quantitative estimate of drug-likeness (QED) is 0.0186. The van der Waals surface area contributed by atoms with E-state index in [-0.39, 0.29) is 166 Å². The van der Waals surface area contributed by atoms with Crippen LogP contribution in [-0.4, -0.2) is 295 Å². The average Bonchev–Trinajstić information content (AvgIpc) is 1.52. The molecule has 18 rings (SSSR count). The van der Waals surface area contributed by atoms with E-state index in [1.54, 1.807) is 18.2 Å². The summed E-state index contributed by atoms with van der Waals surface area (Å²) in [5.41, 5.74) is 2.63. The molecule has 6 saturated heterocycles. The maximum atomic E-state index is 11.5. The number of cyclic esters (lactones) is 6. The van der Waals surface area contributed by atoms with Crippen molar-refractivity contribution in [2.24, 2.45) is 0 Å². The Bertz CT molecular complexity index is 8280. The van der Waals surface area contributed by atoms with Crippen LogP contribution in [0.5, 0.6) is 0 Å². The van der Waals surface area contributed by atoms with Gasteiger partial charge < -0.3 is 120 Å². The van der Waals surface area contributed by atoms with Crippen LogP contribution >= 0.6 is 0 Å². The van der Waals surface area contributed by atoms with Crippen molar-refractivity contribution in [3.05, 3.63) is 213 Å². The molecule has 12 N–H and O–H groups in total. The second-order valence-corrected chi connectivity index (χ2v) is 29.0. The number of nitrogens with zero attached hydrogens (tertiary/aromatic N) is 6. The number of alkyl carbamates (subject to hydrolysis) is 6. The Balaban J connectivity index is 0.000000176. The lowest BCUT2D eigenvalue weighted by atomic mass is 10.0. The van der Waals surface area contributed by atoms with Crippen LogP contribution in [-0.2, 0) is 105 Å². The van der Waals surface area contributed by atoms with Crippen molar-refractivity contribution in [2.45, 2.75) is 113 Å². The Morgan fingerprint density at radius 3 is 0.849 bits per heavy atom. The lowest BCUT2D eigenvalue weighted by molar-refractivity contribution is 0.176. The third-order valence-corrected chi connectivity index (χ3v) is 18.8. The molecular weight excluding hydrogens is 1600 g/mol. The Morgan fingerprint density at radius 1 is 0.310 bits per heavy atom. The zero-order valence-electron chi connectivity index (χ0n) is 123. The van der Waals surface area contributed by atoms with E-state index < -0.39 is 226 Å². The summed E-state index contributed by atoms with van der Waals surface area (Å²) in [4.78, 5) is 83.3. The smallest absolute Gasteiger partial charge is 0.407 e. The minimum absolute atomic E-state index is 0.0319. The van der Waals surface area contributed by atoms with E-state index in [2.05, 4.69) is 30.9 Å². The Kier molecular flexibility index (Phi) is 15.6. The summed E-state index contributed by atoms with van der Waals surface area (Å²) in [6.45, 7) is -28.2. The molecule has 0 saturated carbocycles. The van der Waals surface area contributed by atoms with Crippen LogP contribution in [0, 0.1) is 0 Å². The number of aryl methyl sites for hydroxylation is 3. The Morgan fingerprint density at radius 2 is 0.571 bits per heavy atom. The first kappa shape index (κ1) is 44.9. The molecule has 0 bridgehead atoms. The lowest BCUT2D eigenvalue weighted by Gasteiger charge is -2.09. The molecule has 30 heteroatoms. The second kappa shape index (κ2) is 43.7. The molecule has 0 radical (unpaired) electrons. The molecule has 6 atom stereocenters. The van der Waals surface area contributed by atoms with Crippen molar-refractivity contribution in [1.82, 2.24) is 91.2 Å². The minimum atomic E-state index is -3.66. The molecule has 0 unspecified atom stereocenters. The summed E-state index contributed by atoms with van der Waals surface area (Å²) in [6.07, 6.45) is -27.6. The van der Waals surface area contributed by atoms with Gasteiger partial charge in [-0.1, -0.05) is 36.4 Å². The molecule has 6 aromatic carbocycles. The van der Waals surface area contributed by atoms with E-state index in [0.29, 0.717) is 77.8 Å². The first-order valence-electron chi connectivity index (χ1n) is 65.6. The summed E-state index contributed by atoms with van der Waals surface area (Å²) >= 11 is 0. The number of hydrogen-bond donors (Lipinski definition) is 12. The minimum Gasteiger partial charge on any atom is -0.447 e. The number of likely N-dealkylation sites (N-methyl/N-ethyl adjacent to an activating group) is 6. The highest BCUT2D eigenvalue weighted by Gasteiger charge is 2.29. The van der Waals surface area contributed by atoms with Gasteiger partial charge in [-0.15, -0.1) is 0 Å². The maximum Gasteiger partial charge on any atom is 0.407 e. The third kappa shape index (κ3) is 26.5. The van der Waals surface area contributed by atoms with Gasteiger partial charge in [0.05, 0.1) is 44.5 Å². The Labute approximate surface area is 812 Å². The van der Waals surface area contributed by atoms with Crippen LogP contribution in [0.2, 0.25) is 8.47 Å². The van der Waals surface area contributed by atoms with Crippen LogP contribution in [0.25, 0.3) is 65.4 Å². The fraction of sp³-hybridized carbons (Fsp3) is 0.438. The number of carbonyl (C=O) groups is 6. The fourth-order valence-electron chi connectivity index (χ4n) is 12.9. The first-order chi connectivity index (χ1) is 82.1. The van der Waals surface area contributed by atoms with E-state index in [0.717, 1.165) is 32.9 Å². The molecule has 6 amide bonds. The zero-order valence-corrected chi connectivity index (χ0v) is 68.6. The number of aromatic nitrogens is 6. The van der Waals surface area contributed by atoms with Crippen molar-refractivity contribution < 1.29 is 131 Å². The van der Waals surface area contributed by atoms with Crippen LogP contribution in [0.15, 0.2) is 146 Å². The number of H-pyrrole nitrogens is 6. The average molecular weight is 1780 g/mol. The van der Waals surface area contributed by atoms with Gasteiger partial charge in [-0.05, 0) is 300 Å². The standard InChI is InChI=1S/6C16H21N3O2/c6*1-19(2)6-5-12-9-17-15-4-3-11(8-14(12)15)7-13-10-21-16(20)18-13/h6*3-4,8-9,13,17H,5-7,10H2,1-2H3,(H,18,20)/t6*13-/m000000/s1/i1D3,2D3,5D2,6D2,7D2,9D;1D3,5D2,6D2,7D2,9D;5D2,6D2,7D2,9D;1D3,2D3,7D2,9D;1D3,7D2,9D;7D2,9D/hD6. The molecule has 126 heavy (non-hydrogen) atoms. The van der Waals surface area contributed by atoms with Gasteiger partial charge in [0, 0.05) is 199 Å². The van der Waals surface area contributed by atoms with Gasteiger partial charge in [-0.25, -0.2) is 28.8 Å². The predicted molar refractivity (Wildman–Crippen MR) is 495 cm³/mol. The van der Waals surface area contributed by atoms with Crippen molar-refractivity contribution >= 4 is 102 Å².